The average Bonchev–Trinajstić information content (AvgIpc) is 2.28. The molecule has 1 atom stereocenters. The first-order valence-electron chi connectivity index (χ1n) is 5.40. The minimum absolute atomic E-state index is 0.401. The van der Waals surface area contributed by atoms with Crippen LogP contribution in [0.4, 0.5) is 0 Å². The number of carbonyl (C=O) groups is 1. The summed E-state index contributed by atoms with van der Waals surface area (Å²) in [7, 11) is 1.64. The standard InChI is InChI=1S/C12H17BrN2O2/c1-8-3-4-10(13)5-9(8)6-15-7-11(14-2)12(16)17/h3-5,11,14-15H,6-7H2,1-2H3,(H,16,17). The van der Waals surface area contributed by atoms with Crippen molar-refractivity contribution in [1.82, 2.24) is 10.6 Å². The van der Waals surface area contributed by atoms with Gasteiger partial charge in [-0.1, -0.05) is 22.0 Å². The highest BCUT2D eigenvalue weighted by Gasteiger charge is 2.13. The van der Waals surface area contributed by atoms with E-state index >= 15 is 0 Å². The van der Waals surface area contributed by atoms with Gasteiger partial charge in [0.2, 0.25) is 0 Å². The number of aliphatic carboxylic acids is 1. The summed E-state index contributed by atoms with van der Waals surface area (Å²) in [5.74, 6) is -0.842. The summed E-state index contributed by atoms with van der Waals surface area (Å²) in [4.78, 5) is 10.8. The second kappa shape index (κ2) is 6.74. The molecule has 94 valence electrons. The Morgan fingerprint density at radius 2 is 2.24 bits per heavy atom. The third kappa shape index (κ3) is 4.46. The van der Waals surface area contributed by atoms with Crippen LogP contribution in [-0.4, -0.2) is 30.7 Å². The second-order valence-corrected chi connectivity index (χ2v) is 4.80. The van der Waals surface area contributed by atoms with Gasteiger partial charge in [0.05, 0.1) is 0 Å². The Balaban J connectivity index is 2.50. The van der Waals surface area contributed by atoms with E-state index in [-0.39, 0.29) is 0 Å². The molecule has 1 aromatic carbocycles. The lowest BCUT2D eigenvalue weighted by atomic mass is 10.1. The van der Waals surface area contributed by atoms with Crippen molar-refractivity contribution in [3.8, 4) is 0 Å². The van der Waals surface area contributed by atoms with E-state index in [1.807, 2.05) is 25.1 Å². The van der Waals surface area contributed by atoms with Crippen LogP contribution >= 0.6 is 15.9 Å². The normalized spacial score (nSPS) is 12.4. The van der Waals surface area contributed by atoms with Crippen molar-refractivity contribution in [2.45, 2.75) is 19.5 Å². The maximum absolute atomic E-state index is 10.8. The molecule has 3 N–H and O–H groups in total. The molecule has 0 heterocycles. The number of likely N-dealkylation sites (N-methyl/N-ethyl adjacent to an activating group) is 1. The Hall–Kier alpha value is -0.910. The fourth-order valence-electron chi connectivity index (χ4n) is 1.49. The van der Waals surface area contributed by atoms with Gasteiger partial charge in [0, 0.05) is 17.6 Å². The van der Waals surface area contributed by atoms with Crippen LogP contribution in [0.1, 0.15) is 11.1 Å². The molecule has 0 spiro atoms. The van der Waals surface area contributed by atoms with Crippen molar-refractivity contribution >= 4 is 21.9 Å². The van der Waals surface area contributed by atoms with Gasteiger partial charge in [0.15, 0.2) is 0 Å². The maximum atomic E-state index is 10.8. The summed E-state index contributed by atoms with van der Waals surface area (Å²) in [6.45, 7) is 3.10. The summed E-state index contributed by atoms with van der Waals surface area (Å²) < 4.78 is 1.03. The van der Waals surface area contributed by atoms with Crippen LogP contribution < -0.4 is 10.6 Å². The van der Waals surface area contributed by atoms with Crippen LogP contribution in [0.5, 0.6) is 0 Å². The van der Waals surface area contributed by atoms with Gasteiger partial charge in [0.25, 0.3) is 0 Å². The second-order valence-electron chi connectivity index (χ2n) is 3.88. The van der Waals surface area contributed by atoms with Crippen LogP contribution in [0.25, 0.3) is 0 Å². The molecule has 1 unspecified atom stereocenters. The fraction of sp³-hybridized carbons (Fsp3) is 0.417. The average molecular weight is 301 g/mol. The Bertz CT molecular complexity index is 396. The molecule has 0 saturated heterocycles. The van der Waals surface area contributed by atoms with E-state index in [9.17, 15) is 4.79 Å². The molecule has 0 amide bonds. The van der Waals surface area contributed by atoms with Crippen molar-refractivity contribution in [3.63, 3.8) is 0 Å². The van der Waals surface area contributed by atoms with Gasteiger partial charge in [-0.3, -0.25) is 4.79 Å². The molecule has 0 bridgehead atoms. The summed E-state index contributed by atoms with van der Waals surface area (Å²) in [6.07, 6.45) is 0. The van der Waals surface area contributed by atoms with Crippen molar-refractivity contribution in [2.75, 3.05) is 13.6 Å². The Morgan fingerprint density at radius 3 is 2.82 bits per heavy atom. The van der Waals surface area contributed by atoms with E-state index in [0.29, 0.717) is 13.1 Å². The Morgan fingerprint density at radius 1 is 1.53 bits per heavy atom. The fourth-order valence-corrected chi connectivity index (χ4v) is 1.90. The highest BCUT2D eigenvalue weighted by atomic mass is 79.9. The highest BCUT2D eigenvalue weighted by Crippen LogP contribution is 2.15. The number of aryl methyl sites for hydroxylation is 1. The number of hydrogen-bond donors (Lipinski definition) is 3. The maximum Gasteiger partial charge on any atom is 0.322 e. The lowest BCUT2D eigenvalue weighted by Crippen LogP contribution is -2.42. The number of rotatable bonds is 6. The van der Waals surface area contributed by atoms with E-state index in [2.05, 4.69) is 26.6 Å². The summed E-state index contributed by atoms with van der Waals surface area (Å²) in [5.41, 5.74) is 2.36. The third-order valence-corrected chi connectivity index (χ3v) is 3.11. The predicted octanol–water partition coefficient (Wildman–Crippen LogP) is 1.52. The van der Waals surface area contributed by atoms with Crippen LogP contribution in [0, 0.1) is 6.92 Å². The third-order valence-electron chi connectivity index (χ3n) is 2.62. The largest absolute Gasteiger partial charge is 0.480 e. The predicted molar refractivity (Wildman–Crippen MR) is 71.1 cm³/mol. The molecule has 5 heteroatoms. The molecule has 17 heavy (non-hydrogen) atoms. The lowest BCUT2D eigenvalue weighted by Gasteiger charge is -2.13. The number of carboxylic acids is 1. The van der Waals surface area contributed by atoms with Crippen molar-refractivity contribution in [1.29, 1.82) is 0 Å². The van der Waals surface area contributed by atoms with Gasteiger partial charge >= 0.3 is 5.97 Å². The van der Waals surface area contributed by atoms with E-state index in [0.717, 1.165) is 4.47 Å². The van der Waals surface area contributed by atoms with Crippen LogP contribution in [0.2, 0.25) is 0 Å². The molecular weight excluding hydrogens is 284 g/mol. The number of benzene rings is 1. The Labute approximate surface area is 110 Å². The highest BCUT2D eigenvalue weighted by molar-refractivity contribution is 9.10. The monoisotopic (exact) mass is 300 g/mol. The zero-order valence-electron chi connectivity index (χ0n) is 9.96. The smallest absolute Gasteiger partial charge is 0.322 e. The SMILES string of the molecule is CNC(CNCc1cc(Br)ccc1C)C(=O)O. The molecule has 1 aromatic rings. The van der Waals surface area contributed by atoms with Gasteiger partial charge in [-0.15, -0.1) is 0 Å². The topological polar surface area (TPSA) is 61.4 Å². The molecule has 0 aliphatic rings. The number of hydrogen-bond acceptors (Lipinski definition) is 3. The molecule has 1 rings (SSSR count). The van der Waals surface area contributed by atoms with Crippen molar-refractivity contribution in [2.24, 2.45) is 0 Å². The molecule has 0 aliphatic carbocycles. The van der Waals surface area contributed by atoms with Crippen LogP contribution in [-0.2, 0) is 11.3 Å². The van der Waals surface area contributed by atoms with Crippen molar-refractivity contribution < 1.29 is 9.90 Å². The molecule has 0 radical (unpaired) electrons. The van der Waals surface area contributed by atoms with Gasteiger partial charge in [-0.25, -0.2) is 0 Å². The number of carboxylic acid groups (broad SMARTS) is 1. The molecule has 0 saturated carbocycles. The first-order valence-corrected chi connectivity index (χ1v) is 6.19. The van der Waals surface area contributed by atoms with E-state index in [1.165, 1.54) is 11.1 Å². The summed E-state index contributed by atoms with van der Waals surface area (Å²) in [6, 6.07) is 5.51. The first kappa shape index (κ1) is 14.2. The number of halogens is 1. The minimum atomic E-state index is -0.842. The van der Waals surface area contributed by atoms with Crippen LogP contribution in [0.3, 0.4) is 0 Å². The summed E-state index contributed by atoms with van der Waals surface area (Å²) >= 11 is 3.42. The zero-order valence-corrected chi connectivity index (χ0v) is 11.5. The van der Waals surface area contributed by atoms with E-state index in [1.54, 1.807) is 7.05 Å². The molecule has 0 aromatic heterocycles. The first-order chi connectivity index (χ1) is 8.04. The van der Waals surface area contributed by atoms with E-state index in [4.69, 9.17) is 5.11 Å². The molecule has 4 nitrogen and oxygen atoms in total. The molecule has 0 aliphatic heterocycles. The Kier molecular flexibility index (Phi) is 5.61. The molecular formula is C12H17BrN2O2. The van der Waals surface area contributed by atoms with Gasteiger partial charge < -0.3 is 15.7 Å². The van der Waals surface area contributed by atoms with Gasteiger partial charge in [-0.2, -0.15) is 0 Å². The quantitative estimate of drug-likeness (QED) is 0.745. The summed E-state index contributed by atoms with van der Waals surface area (Å²) in [5, 5.41) is 14.7. The van der Waals surface area contributed by atoms with Crippen molar-refractivity contribution in [3.05, 3.63) is 33.8 Å². The van der Waals surface area contributed by atoms with Crippen LogP contribution in [0.15, 0.2) is 22.7 Å². The van der Waals surface area contributed by atoms with Gasteiger partial charge in [-0.05, 0) is 37.2 Å². The van der Waals surface area contributed by atoms with Gasteiger partial charge in [0.1, 0.15) is 6.04 Å². The lowest BCUT2D eigenvalue weighted by molar-refractivity contribution is -0.139. The number of nitrogens with one attached hydrogen (secondary N) is 2. The van der Waals surface area contributed by atoms with E-state index < -0.39 is 12.0 Å². The molecule has 0 fully saturated rings. The zero-order chi connectivity index (χ0) is 12.8. The minimum Gasteiger partial charge on any atom is -0.480 e.